The normalized spacial score (nSPS) is 15.8. The summed E-state index contributed by atoms with van der Waals surface area (Å²) in [5, 5.41) is 9.87. The second-order valence-corrected chi connectivity index (χ2v) is 5.36. The number of alkyl halides is 3. The highest BCUT2D eigenvalue weighted by Gasteiger charge is 2.39. The van der Waals surface area contributed by atoms with Gasteiger partial charge in [-0.05, 0) is 30.4 Å². The van der Waals surface area contributed by atoms with Crippen LogP contribution >= 0.6 is 0 Å². The van der Waals surface area contributed by atoms with Gasteiger partial charge in [0.1, 0.15) is 0 Å². The third kappa shape index (κ3) is 4.69. The molecule has 4 heteroatoms. The fourth-order valence-corrected chi connectivity index (χ4v) is 1.96. The smallest absolute Gasteiger partial charge is 0.385 e. The second kappa shape index (κ2) is 5.31. The molecule has 1 N–H and O–H groups in total. The molecule has 0 aromatic heterocycles. The van der Waals surface area contributed by atoms with Gasteiger partial charge < -0.3 is 5.11 Å². The fourth-order valence-electron chi connectivity index (χ4n) is 1.96. The first-order chi connectivity index (χ1) is 8.10. The summed E-state index contributed by atoms with van der Waals surface area (Å²) in [7, 11) is 0. The van der Waals surface area contributed by atoms with Gasteiger partial charge in [-0.25, -0.2) is 0 Å². The van der Waals surface area contributed by atoms with Crippen LogP contribution in [0.3, 0.4) is 0 Å². The van der Waals surface area contributed by atoms with Crippen LogP contribution < -0.4 is 0 Å². The molecule has 0 aliphatic carbocycles. The Kier molecular flexibility index (Phi) is 4.43. The lowest BCUT2D eigenvalue weighted by atomic mass is 9.90. The van der Waals surface area contributed by atoms with E-state index in [2.05, 4.69) is 13.8 Å². The van der Waals surface area contributed by atoms with Gasteiger partial charge >= 0.3 is 6.18 Å². The topological polar surface area (TPSA) is 20.2 Å². The summed E-state index contributed by atoms with van der Waals surface area (Å²) >= 11 is 0. The van der Waals surface area contributed by atoms with Crippen LogP contribution in [-0.2, 0) is 12.0 Å². The zero-order valence-electron chi connectivity index (χ0n) is 10.9. The zero-order valence-corrected chi connectivity index (χ0v) is 10.9. The van der Waals surface area contributed by atoms with Gasteiger partial charge in [0.2, 0.25) is 0 Å². The Morgan fingerprint density at radius 2 is 1.61 bits per heavy atom. The molecule has 0 radical (unpaired) electrons. The minimum atomic E-state index is -4.37. The van der Waals surface area contributed by atoms with Crippen molar-refractivity contribution in [2.75, 3.05) is 0 Å². The average molecular weight is 260 g/mol. The molecule has 0 heterocycles. The molecule has 0 saturated heterocycles. The molecule has 0 fully saturated rings. The van der Waals surface area contributed by atoms with Crippen LogP contribution in [0.25, 0.3) is 0 Å². The molecule has 0 spiro atoms. The van der Waals surface area contributed by atoms with Crippen molar-refractivity contribution in [1.29, 1.82) is 0 Å². The van der Waals surface area contributed by atoms with E-state index >= 15 is 0 Å². The molecule has 0 aliphatic rings. The third-order valence-electron chi connectivity index (χ3n) is 2.76. The minimum Gasteiger partial charge on any atom is -0.385 e. The fraction of sp³-hybridized carbons (Fsp3) is 0.571. The van der Waals surface area contributed by atoms with Crippen LogP contribution in [0, 0.1) is 5.92 Å². The molecule has 1 nitrogen and oxygen atoms in total. The molecule has 0 bridgehead atoms. The first kappa shape index (κ1) is 15.0. The highest BCUT2D eigenvalue weighted by Crippen LogP contribution is 2.34. The van der Waals surface area contributed by atoms with Crippen molar-refractivity contribution < 1.29 is 18.3 Å². The predicted molar refractivity (Wildman–Crippen MR) is 65.2 cm³/mol. The Morgan fingerprint density at radius 3 is 2.00 bits per heavy atom. The van der Waals surface area contributed by atoms with Crippen molar-refractivity contribution in [2.45, 2.75) is 45.4 Å². The van der Waals surface area contributed by atoms with E-state index in [1.807, 2.05) is 0 Å². The van der Waals surface area contributed by atoms with Gasteiger partial charge in [0.15, 0.2) is 0 Å². The van der Waals surface area contributed by atoms with Crippen molar-refractivity contribution in [2.24, 2.45) is 5.92 Å². The van der Waals surface area contributed by atoms with Crippen LogP contribution in [0.5, 0.6) is 0 Å². The SMILES string of the molecule is CC(C)Cc1ccc(C(C)(O)CC(F)(F)F)cc1. The number of rotatable bonds is 4. The molecular formula is C14H19F3O. The summed E-state index contributed by atoms with van der Waals surface area (Å²) in [6.07, 6.45) is -4.73. The third-order valence-corrected chi connectivity index (χ3v) is 2.76. The standard InChI is InChI=1S/C14H19F3O/c1-10(2)8-11-4-6-12(7-5-11)13(3,18)9-14(15,16)17/h4-7,10,18H,8-9H2,1-3H3. The highest BCUT2D eigenvalue weighted by molar-refractivity contribution is 5.27. The summed E-state index contributed by atoms with van der Waals surface area (Å²) in [5.41, 5.74) is -0.502. The first-order valence-electron chi connectivity index (χ1n) is 5.99. The van der Waals surface area contributed by atoms with E-state index in [1.165, 1.54) is 6.92 Å². The molecule has 0 amide bonds. The van der Waals surface area contributed by atoms with E-state index in [1.54, 1.807) is 24.3 Å². The summed E-state index contributed by atoms with van der Waals surface area (Å²) in [6, 6.07) is 6.70. The predicted octanol–water partition coefficient (Wildman–Crippen LogP) is 4.05. The molecule has 1 unspecified atom stereocenters. The van der Waals surface area contributed by atoms with Crippen molar-refractivity contribution in [3.05, 3.63) is 35.4 Å². The van der Waals surface area contributed by atoms with Crippen molar-refractivity contribution in [3.63, 3.8) is 0 Å². The van der Waals surface area contributed by atoms with Crippen molar-refractivity contribution >= 4 is 0 Å². The molecule has 1 aromatic rings. The van der Waals surface area contributed by atoms with E-state index in [-0.39, 0.29) is 0 Å². The largest absolute Gasteiger partial charge is 0.392 e. The van der Waals surface area contributed by atoms with Gasteiger partial charge in [-0.15, -0.1) is 0 Å². The summed E-state index contributed by atoms with van der Waals surface area (Å²) in [4.78, 5) is 0. The second-order valence-electron chi connectivity index (χ2n) is 5.36. The number of hydrogen-bond acceptors (Lipinski definition) is 1. The van der Waals surface area contributed by atoms with Crippen LogP contribution in [-0.4, -0.2) is 11.3 Å². The Hall–Kier alpha value is -1.03. The summed E-state index contributed by atoms with van der Waals surface area (Å²) in [6.45, 7) is 5.35. The summed E-state index contributed by atoms with van der Waals surface area (Å²) in [5.74, 6) is 0.492. The number of benzene rings is 1. The lowest BCUT2D eigenvalue weighted by Crippen LogP contribution is -2.28. The van der Waals surface area contributed by atoms with Gasteiger partial charge in [0.05, 0.1) is 12.0 Å². The maximum atomic E-state index is 12.3. The lowest BCUT2D eigenvalue weighted by Gasteiger charge is -2.25. The Labute approximate surface area is 106 Å². The maximum Gasteiger partial charge on any atom is 0.392 e. The highest BCUT2D eigenvalue weighted by atomic mass is 19.4. The Morgan fingerprint density at radius 1 is 1.11 bits per heavy atom. The molecule has 1 aromatic carbocycles. The first-order valence-corrected chi connectivity index (χ1v) is 5.99. The van der Waals surface area contributed by atoms with Gasteiger partial charge in [0, 0.05) is 0 Å². The van der Waals surface area contributed by atoms with E-state index < -0.39 is 18.2 Å². The van der Waals surface area contributed by atoms with Crippen LogP contribution in [0.15, 0.2) is 24.3 Å². The van der Waals surface area contributed by atoms with E-state index in [0.717, 1.165) is 12.0 Å². The molecule has 1 rings (SSSR count). The van der Waals surface area contributed by atoms with E-state index in [0.29, 0.717) is 11.5 Å². The molecule has 18 heavy (non-hydrogen) atoms. The number of aliphatic hydroxyl groups is 1. The lowest BCUT2D eigenvalue weighted by molar-refractivity contribution is -0.174. The summed E-state index contributed by atoms with van der Waals surface area (Å²) < 4.78 is 37.0. The van der Waals surface area contributed by atoms with Crippen molar-refractivity contribution in [3.8, 4) is 0 Å². The average Bonchev–Trinajstić information content (AvgIpc) is 2.13. The molecule has 102 valence electrons. The van der Waals surface area contributed by atoms with Gasteiger partial charge in [-0.3, -0.25) is 0 Å². The molecule has 1 atom stereocenters. The zero-order chi connectivity index (χ0) is 14.0. The van der Waals surface area contributed by atoms with Crippen LogP contribution in [0.2, 0.25) is 0 Å². The minimum absolute atomic E-state index is 0.298. The molecule has 0 aliphatic heterocycles. The number of hydrogen-bond donors (Lipinski definition) is 1. The quantitative estimate of drug-likeness (QED) is 0.866. The van der Waals surface area contributed by atoms with Crippen molar-refractivity contribution in [1.82, 2.24) is 0 Å². The van der Waals surface area contributed by atoms with Crippen LogP contribution in [0.1, 0.15) is 38.3 Å². The van der Waals surface area contributed by atoms with Gasteiger partial charge in [-0.2, -0.15) is 13.2 Å². The Bertz CT molecular complexity index is 377. The van der Waals surface area contributed by atoms with Gasteiger partial charge in [-0.1, -0.05) is 38.1 Å². The Balaban J connectivity index is 2.84. The van der Waals surface area contributed by atoms with Gasteiger partial charge in [0.25, 0.3) is 0 Å². The number of halogens is 3. The maximum absolute atomic E-state index is 12.3. The van der Waals surface area contributed by atoms with Crippen LogP contribution in [0.4, 0.5) is 13.2 Å². The molecular weight excluding hydrogens is 241 g/mol. The van der Waals surface area contributed by atoms with E-state index in [4.69, 9.17) is 0 Å². The molecule has 0 saturated carbocycles. The monoisotopic (exact) mass is 260 g/mol. The van der Waals surface area contributed by atoms with E-state index in [9.17, 15) is 18.3 Å².